The molecule has 0 aliphatic rings. The molecular weight excluding hydrogens is 230 g/mol. The molecule has 0 saturated carbocycles. The van der Waals surface area contributed by atoms with Crippen LogP contribution in [0.15, 0.2) is 30.5 Å². The minimum Gasteiger partial charge on any atom is -0.381 e. The molecule has 2 rings (SSSR count). The summed E-state index contributed by atoms with van der Waals surface area (Å²) in [4.78, 5) is 4.99. The molecule has 0 aliphatic carbocycles. The van der Waals surface area contributed by atoms with Gasteiger partial charge in [0.15, 0.2) is 0 Å². The van der Waals surface area contributed by atoms with Crippen LogP contribution in [0.25, 0.3) is 0 Å². The number of aryl methyl sites for hydroxylation is 1. The summed E-state index contributed by atoms with van der Waals surface area (Å²) in [5.74, 6) is 0. The SMILES string of the molecule is Cc1ccc(C(O)c2ccc(Cl)s2)nc1. The highest BCUT2D eigenvalue weighted by Crippen LogP contribution is 2.29. The number of aliphatic hydroxyl groups is 1. The summed E-state index contributed by atoms with van der Waals surface area (Å²) in [6, 6.07) is 7.35. The lowest BCUT2D eigenvalue weighted by Crippen LogP contribution is -1.99. The Bertz CT molecular complexity index is 452. The Kier molecular flexibility index (Phi) is 3.05. The molecule has 0 bridgehead atoms. The molecule has 2 aromatic rings. The average Bonchev–Trinajstić information content (AvgIpc) is 2.65. The van der Waals surface area contributed by atoms with E-state index in [-0.39, 0.29) is 0 Å². The molecule has 0 radical (unpaired) electrons. The fourth-order valence-electron chi connectivity index (χ4n) is 1.26. The van der Waals surface area contributed by atoms with Crippen molar-refractivity contribution < 1.29 is 5.11 Å². The maximum absolute atomic E-state index is 9.99. The first-order valence-electron chi connectivity index (χ1n) is 4.52. The van der Waals surface area contributed by atoms with Crippen LogP contribution < -0.4 is 0 Å². The molecule has 2 nitrogen and oxygen atoms in total. The van der Waals surface area contributed by atoms with E-state index < -0.39 is 6.10 Å². The number of hydrogen-bond donors (Lipinski definition) is 1. The fourth-order valence-corrected chi connectivity index (χ4v) is 2.32. The van der Waals surface area contributed by atoms with E-state index in [4.69, 9.17) is 11.6 Å². The average molecular weight is 240 g/mol. The van der Waals surface area contributed by atoms with E-state index in [2.05, 4.69) is 4.98 Å². The number of hydrogen-bond acceptors (Lipinski definition) is 3. The third-order valence-corrected chi connectivity index (χ3v) is 3.36. The zero-order chi connectivity index (χ0) is 10.8. The van der Waals surface area contributed by atoms with E-state index in [0.29, 0.717) is 10.0 Å². The Morgan fingerprint density at radius 2 is 2.13 bits per heavy atom. The quantitative estimate of drug-likeness (QED) is 0.873. The van der Waals surface area contributed by atoms with Crippen molar-refractivity contribution in [3.63, 3.8) is 0 Å². The molecule has 0 aliphatic heterocycles. The number of aliphatic hydroxyl groups excluding tert-OH is 1. The molecule has 4 heteroatoms. The van der Waals surface area contributed by atoms with Crippen LogP contribution in [0.4, 0.5) is 0 Å². The Hall–Kier alpha value is -0.900. The highest BCUT2D eigenvalue weighted by atomic mass is 35.5. The van der Waals surface area contributed by atoms with Gasteiger partial charge in [-0.25, -0.2) is 0 Å². The molecule has 78 valence electrons. The third-order valence-electron chi connectivity index (χ3n) is 2.08. The predicted molar refractivity (Wildman–Crippen MR) is 62.4 cm³/mol. The topological polar surface area (TPSA) is 33.1 Å². The summed E-state index contributed by atoms with van der Waals surface area (Å²) >= 11 is 7.17. The van der Waals surface area contributed by atoms with Gasteiger partial charge in [0.2, 0.25) is 0 Å². The molecule has 0 spiro atoms. The van der Waals surface area contributed by atoms with Crippen LogP contribution in [-0.2, 0) is 0 Å². The number of pyridine rings is 1. The molecule has 2 aromatic heterocycles. The van der Waals surface area contributed by atoms with Gasteiger partial charge in [-0.05, 0) is 30.7 Å². The molecule has 0 amide bonds. The molecular formula is C11H10ClNOS. The molecule has 15 heavy (non-hydrogen) atoms. The van der Waals surface area contributed by atoms with Crippen LogP contribution in [0, 0.1) is 6.92 Å². The van der Waals surface area contributed by atoms with E-state index >= 15 is 0 Å². The maximum atomic E-state index is 9.99. The molecule has 1 N–H and O–H groups in total. The predicted octanol–water partition coefficient (Wildman–Crippen LogP) is 3.19. The van der Waals surface area contributed by atoms with Gasteiger partial charge in [-0.1, -0.05) is 17.7 Å². The van der Waals surface area contributed by atoms with E-state index in [1.807, 2.05) is 25.1 Å². The highest BCUT2D eigenvalue weighted by molar-refractivity contribution is 7.16. The number of nitrogens with zero attached hydrogens (tertiary/aromatic N) is 1. The summed E-state index contributed by atoms with van der Waals surface area (Å²) in [5, 5.41) is 9.99. The second-order valence-electron chi connectivity index (χ2n) is 3.30. The number of aromatic nitrogens is 1. The summed E-state index contributed by atoms with van der Waals surface area (Å²) in [5.41, 5.74) is 1.73. The Labute approximate surface area is 97.2 Å². The van der Waals surface area contributed by atoms with Gasteiger partial charge < -0.3 is 5.11 Å². The number of thiophene rings is 1. The largest absolute Gasteiger partial charge is 0.381 e. The van der Waals surface area contributed by atoms with Crippen LogP contribution in [0.2, 0.25) is 4.34 Å². The van der Waals surface area contributed by atoms with Crippen LogP contribution >= 0.6 is 22.9 Å². The minimum absolute atomic E-state index is 0.652. The first-order chi connectivity index (χ1) is 7.16. The normalized spacial score (nSPS) is 12.7. The van der Waals surface area contributed by atoms with Gasteiger partial charge in [0.25, 0.3) is 0 Å². The van der Waals surface area contributed by atoms with Crippen molar-refractivity contribution in [1.82, 2.24) is 4.98 Å². The monoisotopic (exact) mass is 239 g/mol. The molecule has 0 saturated heterocycles. The van der Waals surface area contributed by atoms with Crippen molar-refractivity contribution in [3.8, 4) is 0 Å². The smallest absolute Gasteiger partial charge is 0.130 e. The van der Waals surface area contributed by atoms with Crippen molar-refractivity contribution in [3.05, 3.63) is 50.9 Å². The van der Waals surface area contributed by atoms with Gasteiger partial charge in [0.05, 0.1) is 10.0 Å². The van der Waals surface area contributed by atoms with E-state index in [1.165, 1.54) is 11.3 Å². The number of halogens is 1. The van der Waals surface area contributed by atoms with Crippen LogP contribution in [-0.4, -0.2) is 10.1 Å². The van der Waals surface area contributed by atoms with Crippen molar-refractivity contribution in [2.45, 2.75) is 13.0 Å². The molecule has 0 fully saturated rings. The third kappa shape index (κ3) is 2.37. The fraction of sp³-hybridized carbons (Fsp3) is 0.182. The Morgan fingerprint density at radius 1 is 1.33 bits per heavy atom. The maximum Gasteiger partial charge on any atom is 0.130 e. The van der Waals surface area contributed by atoms with Crippen molar-refractivity contribution in [2.75, 3.05) is 0 Å². The van der Waals surface area contributed by atoms with Gasteiger partial charge in [-0.3, -0.25) is 4.98 Å². The lowest BCUT2D eigenvalue weighted by atomic mass is 10.2. The lowest BCUT2D eigenvalue weighted by molar-refractivity contribution is 0.219. The zero-order valence-corrected chi connectivity index (χ0v) is 9.72. The number of rotatable bonds is 2. The molecule has 1 unspecified atom stereocenters. The van der Waals surface area contributed by atoms with Gasteiger partial charge in [0, 0.05) is 11.1 Å². The minimum atomic E-state index is -0.678. The van der Waals surface area contributed by atoms with Crippen molar-refractivity contribution >= 4 is 22.9 Å². The molecule has 0 aromatic carbocycles. The Balaban J connectivity index is 2.28. The zero-order valence-electron chi connectivity index (χ0n) is 8.14. The first kappa shape index (κ1) is 10.6. The van der Waals surface area contributed by atoms with Gasteiger partial charge in [-0.15, -0.1) is 11.3 Å². The standard InChI is InChI=1S/C11H10ClNOS/c1-7-2-3-8(13-6-7)11(14)9-4-5-10(12)15-9/h2-6,11,14H,1H3. The molecule has 2 heterocycles. The van der Waals surface area contributed by atoms with E-state index in [9.17, 15) is 5.11 Å². The van der Waals surface area contributed by atoms with Crippen LogP contribution in [0.3, 0.4) is 0 Å². The second kappa shape index (κ2) is 4.31. The van der Waals surface area contributed by atoms with Gasteiger partial charge in [0.1, 0.15) is 6.10 Å². The summed E-state index contributed by atoms with van der Waals surface area (Å²) in [7, 11) is 0. The van der Waals surface area contributed by atoms with Gasteiger partial charge in [-0.2, -0.15) is 0 Å². The summed E-state index contributed by atoms with van der Waals surface area (Å²) in [6.07, 6.45) is 1.07. The van der Waals surface area contributed by atoms with Crippen LogP contribution in [0.1, 0.15) is 22.2 Å². The molecule has 1 atom stereocenters. The van der Waals surface area contributed by atoms with Crippen molar-refractivity contribution in [1.29, 1.82) is 0 Å². The highest BCUT2D eigenvalue weighted by Gasteiger charge is 2.13. The van der Waals surface area contributed by atoms with E-state index in [0.717, 1.165) is 10.4 Å². The summed E-state index contributed by atoms with van der Waals surface area (Å²) < 4.78 is 0.677. The van der Waals surface area contributed by atoms with Crippen molar-refractivity contribution in [2.24, 2.45) is 0 Å². The summed E-state index contributed by atoms with van der Waals surface area (Å²) in [6.45, 7) is 1.96. The first-order valence-corrected chi connectivity index (χ1v) is 5.72. The van der Waals surface area contributed by atoms with Crippen LogP contribution in [0.5, 0.6) is 0 Å². The Morgan fingerprint density at radius 3 is 2.67 bits per heavy atom. The van der Waals surface area contributed by atoms with Gasteiger partial charge >= 0.3 is 0 Å². The lowest BCUT2D eigenvalue weighted by Gasteiger charge is -2.07. The second-order valence-corrected chi connectivity index (χ2v) is 5.05. The van der Waals surface area contributed by atoms with E-state index in [1.54, 1.807) is 12.3 Å².